The van der Waals surface area contributed by atoms with E-state index in [2.05, 4.69) is 67.8 Å². The molecule has 1 fully saturated rings. The molecule has 166 valence electrons. The Morgan fingerprint density at radius 1 is 0.742 bits per heavy atom. The van der Waals surface area contributed by atoms with E-state index in [1.165, 1.54) is 68.1 Å². The van der Waals surface area contributed by atoms with Crippen molar-refractivity contribution < 1.29 is 4.74 Å². The van der Waals surface area contributed by atoms with Crippen LogP contribution in [-0.2, 0) is 24.2 Å². The first-order valence-corrected chi connectivity index (χ1v) is 12.2. The number of rotatable bonds is 13. The molecule has 0 saturated heterocycles. The third-order valence-electron chi connectivity index (χ3n) is 6.74. The van der Waals surface area contributed by atoms with E-state index in [9.17, 15) is 0 Å². The van der Waals surface area contributed by atoms with Gasteiger partial charge in [-0.25, -0.2) is 0 Å². The highest BCUT2D eigenvalue weighted by Gasteiger charge is 2.21. The third kappa shape index (κ3) is 8.15. The van der Waals surface area contributed by atoms with Gasteiger partial charge in [-0.15, -0.1) is 13.2 Å². The van der Waals surface area contributed by atoms with Crippen LogP contribution in [0, 0.1) is 5.92 Å². The second-order valence-corrected chi connectivity index (χ2v) is 9.14. The first kappa shape index (κ1) is 23.5. The van der Waals surface area contributed by atoms with Crippen molar-refractivity contribution in [3.05, 3.63) is 96.1 Å². The molecule has 0 unspecified atom stereocenters. The Hall–Kier alpha value is -2.12. The van der Waals surface area contributed by atoms with Crippen LogP contribution in [0.15, 0.2) is 73.8 Å². The molecule has 0 N–H and O–H groups in total. The van der Waals surface area contributed by atoms with E-state index in [-0.39, 0.29) is 0 Å². The van der Waals surface area contributed by atoms with Crippen LogP contribution in [0.1, 0.15) is 79.5 Å². The minimum Gasteiger partial charge on any atom is -0.376 e. The Kier molecular flexibility index (Phi) is 10.1. The Morgan fingerprint density at radius 2 is 1.32 bits per heavy atom. The summed E-state index contributed by atoms with van der Waals surface area (Å²) in [5.41, 5.74) is 5.71. The number of hydrogen-bond donors (Lipinski definition) is 0. The van der Waals surface area contributed by atoms with Crippen LogP contribution in [0.5, 0.6) is 0 Å². The van der Waals surface area contributed by atoms with Gasteiger partial charge in [0.1, 0.15) is 0 Å². The summed E-state index contributed by atoms with van der Waals surface area (Å²) in [6, 6.07) is 18.4. The van der Waals surface area contributed by atoms with Crippen molar-refractivity contribution in [2.75, 3.05) is 6.61 Å². The van der Waals surface area contributed by atoms with Crippen LogP contribution in [0.4, 0.5) is 0 Å². The van der Waals surface area contributed by atoms with Gasteiger partial charge in [-0.05, 0) is 98.3 Å². The highest BCUT2D eigenvalue weighted by Crippen LogP contribution is 2.37. The predicted octanol–water partition coefficient (Wildman–Crippen LogP) is 8.19. The van der Waals surface area contributed by atoms with Crippen LogP contribution in [0.2, 0.25) is 0 Å². The number of unbranched alkanes of at least 4 members (excludes halogenated alkanes) is 1. The molecule has 1 saturated carbocycles. The average molecular weight is 417 g/mol. The Morgan fingerprint density at radius 3 is 1.90 bits per heavy atom. The Labute approximate surface area is 190 Å². The maximum absolute atomic E-state index is 5.63. The summed E-state index contributed by atoms with van der Waals surface area (Å²) in [5, 5.41) is 0. The molecule has 0 bridgehead atoms. The van der Waals surface area contributed by atoms with Crippen LogP contribution < -0.4 is 0 Å². The lowest BCUT2D eigenvalue weighted by Crippen LogP contribution is -2.12. The number of benzene rings is 2. The van der Waals surface area contributed by atoms with Gasteiger partial charge in [0.05, 0.1) is 13.2 Å². The lowest BCUT2D eigenvalue weighted by molar-refractivity contribution is 0.125. The quantitative estimate of drug-likeness (QED) is 0.236. The summed E-state index contributed by atoms with van der Waals surface area (Å²) in [4.78, 5) is 0. The fourth-order valence-electron chi connectivity index (χ4n) is 4.74. The summed E-state index contributed by atoms with van der Waals surface area (Å²) in [6.45, 7) is 9.07. The molecule has 0 aliphatic heterocycles. The van der Waals surface area contributed by atoms with Crippen LogP contribution in [-0.4, -0.2) is 6.61 Å². The van der Waals surface area contributed by atoms with Crippen molar-refractivity contribution in [3.8, 4) is 0 Å². The van der Waals surface area contributed by atoms with E-state index in [1.807, 2.05) is 6.08 Å². The van der Waals surface area contributed by atoms with Crippen molar-refractivity contribution in [2.24, 2.45) is 5.92 Å². The molecule has 0 spiro atoms. The molecule has 0 radical (unpaired) electrons. The van der Waals surface area contributed by atoms with Gasteiger partial charge in [-0.1, -0.05) is 60.7 Å². The molecule has 0 aromatic heterocycles. The molecule has 1 nitrogen and oxygen atoms in total. The minimum absolute atomic E-state index is 0.695. The maximum atomic E-state index is 5.63. The van der Waals surface area contributed by atoms with Crippen LogP contribution in [0.25, 0.3) is 0 Å². The zero-order valence-corrected chi connectivity index (χ0v) is 19.2. The highest BCUT2D eigenvalue weighted by atomic mass is 16.5. The average Bonchev–Trinajstić information content (AvgIpc) is 2.82. The molecule has 0 amide bonds. The number of aryl methyl sites for hydroxylation is 2. The van der Waals surface area contributed by atoms with E-state index >= 15 is 0 Å². The van der Waals surface area contributed by atoms with Crippen molar-refractivity contribution in [3.63, 3.8) is 0 Å². The van der Waals surface area contributed by atoms with Crippen molar-refractivity contribution in [1.82, 2.24) is 0 Å². The maximum Gasteiger partial charge on any atom is 0.0717 e. The fraction of sp³-hybridized carbons (Fsp3) is 0.467. The van der Waals surface area contributed by atoms with Crippen LogP contribution >= 0.6 is 0 Å². The van der Waals surface area contributed by atoms with Gasteiger partial charge in [0.25, 0.3) is 0 Å². The SMILES string of the molecule is C=CCCOCc1ccc(CCCCc2ccc(C3CCC(CC=C)CC3)cc2)cc1. The first-order chi connectivity index (χ1) is 15.3. The molecule has 3 rings (SSSR count). The number of allylic oxidation sites excluding steroid dienone is 1. The summed E-state index contributed by atoms with van der Waals surface area (Å²) < 4.78 is 5.63. The number of ether oxygens (including phenoxy) is 1. The molecular weight excluding hydrogens is 376 g/mol. The molecule has 31 heavy (non-hydrogen) atoms. The standard InChI is InChI=1S/C30H40O/c1-3-5-23-31-24-28-13-11-26(12-14-28)9-6-7-10-27-17-21-30(22-18-27)29-19-15-25(8-4-2)16-20-29/h3-4,11-14,17-18,21-22,25,29H,1-2,5-10,15-16,19-20,23-24H2. The second-order valence-electron chi connectivity index (χ2n) is 9.14. The smallest absolute Gasteiger partial charge is 0.0717 e. The summed E-state index contributed by atoms with van der Waals surface area (Å²) in [6.07, 6.45) is 16.3. The first-order valence-electron chi connectivity index (χ1n) is 12.2. The summed E-state index contributed by atoms with van der Waals surface area (Å²) in [7, 11) is 0. The van der Waals surface area contributed by atoms with Gasteiger partial charge >= 0.3 is 0 Å². The van der Waals surface area contributed by atoms with Gasteiger partial charge in [0.15, 0.2) is 0 Å². The molecule has 2 aromatic carbocycles. The van der Waals surface area contributed by atoms with E-state index in [0.29, 0.717) is 6.61 Å². The largest absolute Gasteiger partial charge is 0.376 e. The fourth-order valence-corrected chi connectivity index (χ4v) is 4.74. The van der Waals surface area contributed by atoms with Crippen molar-refractivity contribution >= 4 is 0 Å². The third-order valence-corrected chi connectivity index (χ3v) is 6.74. The van der Waals surface area contributed by atoms with E-state index in [1.54, 1.807) is 5.56 Å². The van der Waals surface area contributed by atoms with Gasteiger partial charge in [-0.2, -0.15) is 0 Å². The second kappa shape index (κ2) is 13.3. The van der Waals surface area contributed by atoms with Gasteiger partial charge in [0.2, 0.25) is 0 Å². The normalized spacial score (nSPS) is 18.6. The monoisotopic (exact) mass is 416 g/mol. The van der Waals surface area contributed by atoms with Gasteiger partial charge in [-0.3, -0.25) is 0 Å². The van der Waals surface area contributed by atoms with Crippen molar-refractivity contribution in [1.29, 1.82) is 0 Å². The lowest BCUT2D eigenvalue weighted by Gasteiger charge is -2.28. The molecule has 0 atom stereocenters. The zero-order valence-electron chi connectivity index (χ0n) is 19.2. The highest BCUT2D eigenvalue weighted by molar-refractivity contribution is 5.26. The molecule has 1 heteroatoms. The van der Waals surface area contributed by atoms with E-state index < -0.39 is 0 Å². The lowest BCUT2D eigenvalue weighted by atomic mass is 9.77. The summed E-state index contributed by atoms with van der Waals surface area (Å²) in [5.74, 6) is 1.64. The topological polar surface area (TPSA) is 9.23 Å². The van der Waals surface area contributed by atoms with Gasteiger partial charge in [0, 0.05) is 0 Å². The molecule has 1 aliphatic carbocycles. The molecule has 2 aromatic rings. The van der Waals surface area contributed by atoms with E-state index in [0.717, 1.165) is 31.3 Å². The minimum atomic E-state index is 0.695. The molecule has 1 aliphatic rings. The van der Waals surface area contributed by atoms with Gasteiger partial charge < -0.3 is 4.74 Å². The zero-order chi connectivity index (χ0) is 21.7. The predicted molar refractivity (Wildman–Crippen MR) is 134 cm³/mol. The molecule has 0 heterocycles. The Balaban J connectivity index is 1.33. The van der Waals surface area contributed by atoms with Crippen molar-refractivity contribution in [2.45, 2.75) is 76.7 Å². The molecular formula is C30H40O. The Bertz CT molecular complexity index is 763. The van der Waals surface area contributed by atoms with E-state index in [4.69, 9.17) is 4.74 Å². The van der Waals surface area contributed by atoms with Crippen LogP contribution in [0.3, 0.4) is 0 Å². The number of hydrogen-bond acceptors (Lipinski definition) is 1. The summed E-state index contributed by atoms with van der Waals surface area (Å²) >= 11 is 0.